The topological polar surface area (TPSA) is 69.1 Å². The van der Waals surface area contributed by atoms with Gasteiger partial charge in [0.25, 0.3) is 0 Å². The van der Waals surface area contributed by atoms with Gasteiger partial charge >= 0.3 is 0 Å². The van der Waals surface area contributed by atoms with E-state index in [4.69, 9.17) is 5.73 Å². The van der Waals surface area contributed by atoms with Crippen LogP contribution in [-0.2, 0) is 4.79 Å². The molecule has 0 saturated heterocycles. The van der Waals surface area contributed by atoms with Crippen molar-refractivity contribution in [2.24, 2.45) is 16.9 Å². The molecule has 62 valence electrons. The molecule has 0 spiro atoms. The van der Waals surface area contributed by atoms with Crippen LogP contribution >= 0.6 is 0 Å². The van der Waals surface area contributed by atoms with Crippen molar-refractivity contribution in [1.82, 2.24) is 0 Å². The summed E-state index contributed by atoms with van der Waals surface area (Å²) in [5.74, 6) is 0. The van der Waals surface area contributed by atoms with E-state index in [9.17, 15) is 4.79 Å². The summed E-state index contributed by atoms with van der Waals surface area (Å²) in [5, 5.41) is 0. The Hall–Kier alpha value is -0.410. The second kappa shape index (κ2) is 5.38. The van der Waals surface area contributed by atoms with Crippen LogP contribution in [0.5, 0.6) is 0 Å². The normalized spacial score (nSPS) is 13.0. The van der Waals surface area contributed by atoms with Gasteiger partial charge in [0, 0.05) is 0 Å². The van der Waals surface area contributed by atoms with Crippen LogP contribution in [0.4, 0.5) is 0 Å². The Morgan fingerprint density at radius 1 is 1.30 bits per heavy atom. The van der Waals surface area contributed by atoms with Crippen LogP contribution in [0, 0.1) is 5.41 Å². The Labute approximate surface area is 62.8 Å². The Bertz CT molecular complexity index is 86.1. The van der Waals surface area contributed by atoms with Gasteiger partial charge in [-0.2, -0.15) is 0 Å². The van der Waals surface area contributed by atoms with Crippen molar-refractivity contribution in [3.63, 3.8) is 0 Å². The lowest BCUT2D eigenvalue weighted by Gasteiger charge is -2.20. The maximum atomic E-state index is 10.0. The summed E-state index contributed by atoms with van der Waals surface area (Å²) < 4.78 is 0. The lowest BCUT2D eigenvalue weighted by Crippen LogP contribution is -2.36. The molecule has 0 rings (SSSR count). The van der Waals surface area contributed by atoms with Crippen LogP contribution in [0.2, 0.25) is 0 Å². The van der Waals surface area contributed by atoms with Gasteiger partial charge in [-0.05, 0) is 12.5 Å². The second-order valence-electron chi connectivity index (χ2n) is 3.03. The standard InChI is InChI=1S/C6H13NO.CH5N/c1-6(2,3)5(7)4-8;1-2/h4-5H,7H2,1-3H3;2H2,1H3. The molecular formula is C7H18N2O. The van der Waals surface area contributed by atoms with E-state index in [1.807, 2.05) is 20.8 Å². The van der Waals surface area contributed by atoms with Crippen molar-refractivity contribution in [3.05, 3.63) is 0 Å². The molecule has 0 aliphatic rings. The van der Waals surface area contributed by atoms with E-state index < -0.39 is 0 Å². The third kappa shape index (κ3) is 5.72. The summed E-state index contributed by atoms with van der Waals surface area (Å²) in [4.78, 5) is 10.0. The summed E-state index contributed by atoms with van der Waals surface area (Å²) in [5.41, 5.74) is 9.80. The number of nitrogens with two attached hydrogens (primary N) is 2. The minimum Gasteiger partial charge on any atom is -0.333 e. The highest BCUT2D eigenvalue weighted by molar-refractivity contribution is 5.58. The molecule has 10 heavy (non-hydrogen) atoms. The van der Waals surface area contributed by atoms with E-state index in [0.717, 1.165) is 6.29 Å². The maximum Gasteiger partial charge on any atom is 0.137 e. The number of hydrogen-bond donors (Lipinski definition) is 2. The lowest BCUT2D eigenvalue weighted by atomic mass is 9.89. The van der Waals surface area contributed by atoms with Crippen LogP contribution in [0.1, 0.15) is 20.8 Å². The van der Waals surface area contributed by atoms with Gasteiger partial charge in [-0.3, -0.25) is 0 Å². The molecule has 0 aliphatic carbocycles. The average molecular weight is 146 g/mol. The summed E-state index contributed by atoms with van der Waals surface area (Å²) >= 11 is 0. The first-order valence-electron chi connectivity index (χ1n) is 3.27. The summed E-state index contributed by atoms with van der Waals surface area (Å²) in [6.07, 6.45) is 0.778. The predicted molar refractivity (Wildman–Crippen MR) is 43.6 cm³/mol. The number of carbonyl (C=O) groups excluding carboxylic acids is 1. The van der Waals surface area contributed by atoms with Crippen LogP contribution in [-0.4, -0.2) is 19.4 Å². The molecular weight excluding hydrogens is 128 g/mol. The molecule has 4 N–H and O–H groups in total. The van der Waals surface area contributed by atoms with Gasteiger partial charge in [-0.15, -0.1) is 0 Å². The van der Waals surface area contributed by atoms with Crippen molar-refractivity contribution in [2.75, 3.05) is 7.05 Å². The molecule has 0 amide bonds. The molecule has 1 atom stereocenters. The van der Waals surface area contributed by atoms with E-state index in [-0.39, 0.29) is 11.5 Å². The van der Waals surface area contributed by atoms with Crippen LogP contribution < -0.4 is 11.5 Å². The smallest absolute Gasteiger partial charge is 0.137 e. The quantitative estimate of drug-likeness (QED) is 0.517. The van der Waals surface area contributed by atoms with Crippen LogP contribution in [0.3, 0.4) is 0 Å². The number of aldehydes is 1. The number of hydrogen-bond acceptors (Lipinski definition) is 3. The molecule has 3 nitrogen and oxygen atoms in total. The van der Waals surface area contributed by atoms with Gasteiger partial charge < -0.3 is 16.3 Å². The van der Waals surface area contributed by atoms with Crippen molar-refractivity contribution in [2.45, 2.75) is 26.8 Å². The van der Waals surface area contributed by atoms with Gasteiger partial charge in [-0.1, -0.05) is 20.8 Å². The predicted octanol–water partition coefficient (Wildman–Crippen LogP) is 0.134. The van der Waals surface area contributed by atoms with Crippen molar-refractivity contribution in [3.8, 4) is 0 Å². The van der Waals surface area contributed by atoms with E-state index in [1.54, 1.807) is 0 Å². The molecule has 0 aliphatic heterocycles. The van der Waals surface area contributed by atoms with Gasteiger partial charge in [-0.25, -0.2) is 0 Å². The molecule has 1 unspecified atom stereocenters. The molecule has 0 aromatic carbocycles. The maximum absolute atomic E-state index is 10.0. The second-order valence-corrected chi connectivity index (χ2v) is 3.03. The fraction of sp³-hybridized carbons (Fsp3) is 0.857. The van der Waals surface area contributed by atoms with Crippen molar-refractivity contribution in [1.29, 1.82) is 0 Å². The highest BCUT2D eigenvalue weighted by Crippen LogP contribution is 2.14. The van der Waals surface area contributed by atoms with Crippen LogP contribution in [0.25, 0.3) is 0 Å². The molecule has 0 aromatic rings. The molecule has 3 heteroatoms. The van der Waals surface area contributed by atoms with Gasteiger partial charge in [0.05, 0.1) is 6.04 Å². The Morgan fingerprint density at radius 2 is 1.60 bits per heavy atom. The van der Waals surface area contributed by atoms with E-state index in [2.05, 4.69) is 5.73 Å². The first kappa shape index (κ1) is 12.3. The summed E-state index contributed by atoms with van der Waals surface area (Å²) in [7, 11) is 1.50. The van der Waals surface area contributed by atoms with Crippen molar-refractivity contribution < 1.29 is 4.79 Å². The van der Waals surface area contributed by atoms with E-state index in [0.29, 0.717) is 0 Å². The molecule has 0 radical (unpaired) electrons. The van der Waals surface area contributed by atoms with E-state index >= 15 is 0 Å². The molecule has 0 fully saturated rings. The zero-order chi connectivity index (χ0) is 8.78. The Kier molecular flexibility index (Phi) is 6.61. The first-order valence-corrected chi connectivity index (χ1v) is 3.27. The Balaban J connectivity index is 0. The van der Waals surface area contributed by atoms with Gasteiger partial charge in [0.15, 0.2) is 0 Å². The molecule has 0 bridgehead atoms. The van der Waals surface area contributed by atoms with Crippen molar-refractivity contribution >= 4 is 6.29 Å². The molecule has 0 heterocycles. The fourth-order valence-corrected chi connectivity index (χ4v) is 0.204. The van der Waals surface area contributed by atoms with Gasteiger partial charge in [0.2, 0.25) is 0 Å². The molecule has 0 aromatic heterocycles. The SMILES string of the molecule is CC(C)(C)C(N)C=O.CN. The third-order valence-electron chi connectivity index (χ3n) is 1.15. The number of rotatable bonds is 1. The minimum absolute atomic E-state index is 0.0816. The average Bonchev–Trinajstić information content (AvgIpc) is 1.89. The zero-order valence-electron chi connectivity index (χ0n) is 7.22. The minimum atomic E-state index is -0.331. The highest BCUT2D eigenvalue weighted by Gasteiger charge is 2.18. The first-order chi connectivity index (χ1) is 4.48. The number of carbonyl (C=O) groups is 1. The van der Waals surface area contributed by atoms with Gasteiger partial charge in [0.1, 0.15) is 6.29 Å². The lowest BCUT2D eigenvalue weighted by molar-refractivity contribution is -0.110. The van der Waals surface area contributed by atoms with Crippen LogP contribution in [0.15, 0.2) is 0 Å². The third-order valence-corrected chi connectivity index (χ3v) is 1.15. The largest absolute Gasteiger partial charge is 0.333 e. The van der Waals surface area contributed by atoms with E-state index in [1.165, 1.54) is 7.05 Å². The zero-order valence-corrected chi connectivity index (χ0v) is 7.22. The monoisotopic (exact) mass is 146 g/mol. The molecule has 0 saturated carbocycles. The summed E-state index contributed by atoms with van der Waals surface area (Å²) in [6.45, 7) is 5.81. The Morgan fingerprint density at radius 3 is 1.60 bits per heavy atom. The summed E-state index contributed by atoms with van der Waals surface area (Å²) in [6, 6.07) is -0.331. The fourth-order valence-electron chi connectivity index (χ4n) is 0.204. The highest BCUT2D eigenvalue weighted by atomic mass is 16.1.